The van der Waals surface area contributed by atoms with Crippen LogP contribution in [0.15, 0.2) is 24.3 Å². The summed E-state index contributed by atoms with van der Waals surface area (Å²) in [6.07, 6.45) is 0. The Morgan fingerprint density at radius 1 is 1.29 bits per heavy atom. The molecule has 0 atom stereocenters. The molecule has 0 spiro atoms. The maximum atomic E-state index is 5.02. The Morgan fingerprint density at radius 3 is 2.57 bits per heavy atom. The van der Waals surface area contributed by atoms with E-state index in [9.17, 15) is 0 Å². The summed E-state index contributed by atoms with van der Waals surface area (Å²) in [4.78, 5) is 0. The van der Waals surface area contributed by atoms with Crippen molar-refractivity contribution in [1.29, 1.82) is 0 Å². The van der Waals surface area contributed by atoms with E-state index < -0.39 is 0 Å². The van der Waals surface area contributed by atoms with E-state index in [1.54, 1.807) is 7.11 Å². The lowest BCUT2D eigenvalue weighted by Crippen LogP contribution is -2.04. The molecule has 1 rings (SSSR count). The fourth-order valence-electron chi connectivity index (χ4n) is 1.09. The highest BCUT2D eigenvalue weighted by Crippen LogP contribution is 2.03. The van der Waals surface area contributed by atoms with E-state index in [0.29, 0.717) is 6.61 Å². The van der Waals surface area contributed by atoms with Gasteiger partial charge in [-0.3, -0.25) is 0 Å². The predicted octanol–water partition coefficient (Wildman–Crippen LogP) is 1.40. The van der Waals surface area contributed by atoms with Crippen molar-refractivity contribution in [3.63, 3.8) is 0 Å². The molecule has 0 unspecified atom stereocenters. The molecule has 1 aromatic carbocycles. The summed E-state index contributed by atoms with van der Waals surface area (Å²) in [6, 6.07) is 8.09. The molecular formula is C12H15NO. The summed E-state index contributed by atoms with van der Waals surface area (Å²) in [6.45, 7) is 1.38. The first-order valence-electron chi connectivity index (χ1n) is 4.58. The Hall–Kier alpha value is -1.30. The van der Waals surface area contributed by atoms with Crippen LogP contribution in [0.5, 0.6) is 0 Å². The largest absolute Gasteiger partial charge is 0.380 e. The van der Waals surface area contributed by atoms with Crippen LogP contribution in [-0.4, -0.2) is 20.7 Å². The molecule has 0 aliphatic rings. The molecule has 0 aliphatic carbocycles. The number of ether oxygens (including phenoxy) is 1. The molecule has 0 amide bonds. The average Bonchev–Trinajstić information content (AvgIpc) is 2.21. The van der Waals surface area contributed by atoms with E-state index in [2.05, 4.69) is 17.2 Å². The minimum atomic E-state index is 0.657. The molecule has 2 nitrogen and oxygen atoms in total. The Balaban J connectivity index is 2.60. The van der Waals surface area contributed by atoms with Gasteiger partial charge in [0.25, 0.3) is 0 Å². The van der Waals surface area contributed by atoms with Crippen molar-refractivity contribution in [1.82, 2.24) is 5.32 Å². The van der Waals surface area contributed by atoms with Crippen molar-refractivity contribution in [2.45, 2.75) is 6.61 Å². The van der Waals surface area contributed by atoms with Gasteiger partial charge in [0.05, 0.1) is 13.2 Å². The van der Waals surface area contributed by atoms with Gasteiger partial charge in [-0.2, -0.15) is 0 Å². The molecule has 1 N–H and O–H groups in total. The fraction of sp³-hybridized carbons (Fsp3) is 0.333. The van der Waals surface area contributed by atoms with Crippen LogP contribution in [0.25, 0.3) is 0 Å². The molecule has 0 saturated carbocycles. The first kappa shape index (κ1) is 10.8. The normalized spacial score (nSPS) is 9.29. The Morgan fingerprint density at radius 2 is 2.00 bits per heavy atom. The van der Waals surface area contributed by atoms with Gasteiger partial charge in [0.1, 0.15) is 0 Å². The third-order valence-corrected chi connectivity index (χ3v) is 1.76. The highest BCUT2D eigenvalue weighted by molar-refractivity contribution is 5.36. The molecule has 0 aromatic heterocycles. The molecule has 0 aliphatic heterocycles. The van der Waals surface area contributed by atoms with Crippen LogP contribution in [0.2, 0.25) is 0 Å². The van der Waals surface area contributed by atoms with E-state index in [1.807, 2.05) is 31.3 Å². The van der Waals surface area contributed by atoms with E-state index in [4.69, 9.17) is 4.74 Å². The van der Waals surface area contributed by atoms with Gasteiger partial charge in [0, 0.05) is 12.7 Å². The summed E-state index contributed by atoms with van der Waals surface area (Å²) in [5.41, 5.74) is 2.21. The second-order valence-corrected chi connectivity index (χ2v) is 2.96. The lowest BCUT2D eigenvalue weighted by Gasteiger charge is -1.98. The van der Waals surface area contributed by atoms with E-state index in [1.165, 1.54) is 5.56 Å². The zero-order valence-corrected chi connectivity index (χ0v) is 8.63. The SMILES string of the molecule is CNCC#Cc1ccc(COC)cc1. The first-order chi connectivity index (χ1) is 6.86. The van der Waals surface area contributed by atoms with Crippen molar-refractivity contribution in [3.05, 3.63) is 35.4 Å². The number of hydrogen-bond acceptors (Lipinski definition) is 2. The molecular weight excluding hydrogens is 174 g/mol. The van der Waals surface area contributed by atoms with Gasteiger partial charge in [-0.05, 0) is 24.7 Å². The van der Waals surface area contributed by atoms with Crippen LogP contribution < -0.4 is 5.32 Å². The molecule has 0 bridgehead atoms. The highest BCUT2D eigenvalue weighted by Gasteiger charge is 1.90. The lowest BCUT2D eigenvalue weighted by atomic mass is 10.1. The topological polar surface area (TPSA) is 21.3 Å². The van der Waals surface area contributed by atoms with Crippen molar-refractivity contribution < 1.29 is 4.74 Å². The van der Waals surface area contributed by atoms with Crippen LogP contribution in [0.3, 0.4) is 0 Å². The summed E-state index contributed by atoms with van der Waals surface area (Å²) >= 11 is 0. The van der Waals surface area contributed by atoms with Crippen molar-refractivity contribution in [2.24, 2.45) is 0 Å². The molecule has 1 aromatic rings. The minimum absolute atomic E-state index is 0.657. The highest BCUT2D eigenvalue weighted by atomic mass is 16.5. The Bertz CT molecular complexity index is 318. The summed E-state index contributed by atoms with van der Waals surface area (Å²) in [5, 5.41) is 2.98. The molecule has 2 heteroatoms. The maximum absolute atomic E-state index is 5.02. The maximum Gasteiger partial charge on any atom is 0.0713 e. The number of rotatable bonds is 3. The van der Waals surface area contributed by atoms with Crippen LogP contribution in [0.1, 0.15) is 11.1 Å². The van der Waals surface area contributed by atoms with Crippen LogP contribution in [-0.2, 0) is 11.3 Å². The molecule has 74 valence electrons. The van der Waals surface area contributed by atoms with Crippen molar-refractivity contribution in [3.8, 4) is 11.8 Å². The number of hydrogen-bond donors (Lipinski definition) is 1. The third kappa shape index (κ3) is 3.61. The summed E-state index contributed by atoms with van der Waals surface area (Å²) in [7, 11) is 3.58. The Labute approximate surface area is 85.3 Å². The number of nitrogens with one attached hydrogen (secondary N) is 1. The molecule has 0 heterocycles. The second kappa shape index (κ2) is 6.20. The lowest BCUT2D eigenvalue weighted by molar-refractivity contribution is 0.185. The van der Waals surface area contributed by atoms with Gasteiger partial charge in [0.2, 0.25) is 0 Å². The average molecular weight is 189 g/mol. The predicted molar refractivity (Wildman–Crippen MR) is 58.0 cm³/mol. The molecule has 0 fully saturated rings. The van der Waals surface area contributed by atoms with E-state index >= 15 is 0 Å². The van der Waals surface area contributed by atoms with Gasteiger partial charge in [-0.1, -0.05) is 24.0 Å². The van der Waals surface area contributed by atoms with Crippen LogP contribution >= 0.6 is 0 Å². The first-order valence-corrected chi connectivity index (χ1v) is 4.58. The van der Waals surface area contributed by atoms with E-state index in [0.717, 1.165) is 12.1 Å². The fourth-order valence-corrected chi connectivity index (χ4v) is 1.09. The van der Waals surface area contributed by atoms with E-state index in [-0.39, 0.29) is 0 Å². The number of methoxy groups -OCH3 is 1. The van der Waals surface area contributed by atoms with Gasteiger partial charge in [-0.15, -0.1) is 0 Å². The molecule has 0 saturated heterocycles. The van der Waals surface area contributed by atoms with Gasteiger partial charge in [0.15, 0.2) is 0 Å². The summed E-state index contributed by atoms with van der Waals surface area (Å²) in [5.74, 6) is 6.07. The third-order valence-electron chi connectivity index (χ3n) is 1.76. The quantitative estimate of drug-likeness (QED) is 0.726. The van der Waals surface area contributed by atoms with Crippen LogP contribution in [0.4, 0.5) is 0 Å². The molecule has 14 heavy (non-hydrogen) atoms. The molecule has 0 radical (unpaired) electrons. The standard InChI is InChI=1S/C12H15NO/c1-13-9-3-4-11-5-7-12(8-6-11)10-14-2/h5-8,13H,9-10H2,1-2H3. The van der Waals surface area contributed by atoms with Gasteiger partial charge in [-0.25, -0.2) is 0 Å². The number of benzene rings is 1. The monoisotopic (exact) mass is 189 g/mol. The van der Waals surface area contributed by atoms with Crippen LogP contribution in [0, 0.1) is 11.8 Å². The van der Waals surface area contributed by atoms with Gasteiger partial charge < -0.3 is 10.1 Å². The zero-order valence-electron chi connectivity index (χ0n) is 8.63. The minimum Gasteiger partial charge on any atom is -0.380 e. The smallest absolute Gasteiger partial charge is 0.0713 e. The second-order valence-electron chi connectivity index (χ2n) is 2.96. The summed E-state index contributed by atoms with van der Waals surface area (Å²) < 4.78 is 5.02. The zero-order chi connectivity index (χ0) is 10.2. The van der Waals surface area contributed by atoms with Crippen molar-refractivity contribution >= 4 is 0 Å². The Kier molecular flexibility index (Phi) is 4.77. The van der Waals surface area contributed by atoms with Crippen molar-refractivity contribution in [2.75, 3.05) is 20.7 Å². The van der Waals surface area contributed by atoms with Gasteiger partial charge >= 0.3 is 0 Å².